The van der Waals surface area contributed by atoms with Crippen LogP contribution in [0, 0.1) is 0 Å². The first-order chi connectivity index (χ1) is 8.65. The summed E-state index contributed by atoms with van der Waals surface area (Å²) < 4.78 is 0.894. The zero-order chi connectivity index (χ0) is 13.0. The second-order valence-electron chi connectivity index (χ2n) is 3.72. The normalized spacial score (nSPS) is 10.3. The third-order valence-electron chi connectivity index (χ3n) is 2.40. The fourth-order valence-electron chi connectivity index (χ4n) is 1.50. The van der Waals surface area contributed by atoms with Crippen LogP contribution >= 0.6 is 27.3 Å². The minimum absolute atomic E-state index is 0.0555. The van der Waals surface area contributed by atoms with E-state index in [-0.39, 0.29) is 5.91 Å². The van der Waals surface area contributed by atoms with E-state index in [1.54, 1.807) is 6.20 Å². The summed E-state index contributed by atoms with van der Waals surface area (Å²) in [5, 5.41) is 3.35. The molecular weight excluding hydrogens is 314 g/mol. The number of nitrogens with two attached hydrogens (primary N) is 1. The summed E-state index contributed by atoms with van der Waals surface area (Å²) in [5.74, 6) is -0.0555. The van der Waals surface area contributed by atoms with Crippen molar-refractivity contribution in [1.29, 1.82) is 0 Å². The Morgan fingerprint density at radius 1 is 1.44 bits per heavy atom. The number of thiazole rings is 1. The first-order valence-corrected chi connectivity index (χ1v) is 7.00. The number of nitrogen functional groups attached to an aromatic ring is 1. The Kier molecular flexibility index (Phi) is 4.33. The second-order valence-corrected chi connectivity index (χ2v) is 6.13. The van der Waals surface area contributed by atoms with Crippen LogP contribution in [0.4, 0.5) is 10.8 Å². The molecule has 0 saturated heterocycles. The number of aromatic nitrogens is 1. The number of carbonyl (C=O) groups is 1. The molecule has 0 atom stereocenters. The molecule has 0 bridgehead atoms. The zero-order valence-electron chi connectivity index (χ0n) is 9.52. The van der Waals surface area contributed by atoms with Crippen molar-refractivity contribution < 1.29 is 4.79 Å². The van der Waals surface area contributed by atoms with Crippen LogP contribution in [0.2, 0.25) is 0 Å². The maximum Gasteiger partial charge on any atom is 0.226 e. The number of hydrogen-bond acceptors (Lipinski definition) is 4. The smallest absolute Gasteiger partial charge is 0.226 e. The Hall–Kier alpha value is -1.40. The number of para-hydroxylation sites is 1. The van der Waals surface area contributed by atoms with E-state index >= 15 is 0 Å². The molecule has 3 N–H and O–H groups in total. The van der Waals surface area contributed by atoms with Crippen LogP contribution < -0.4 is 11.1 Å². The molecule has 0 aliphatic carbocycles. The molecule has 18 heavy (non-hydrogen) atoms. The Labute approximate surface area is 117 Å². The van der Waals surface area contributed by atoms with Gasteiger partial charge in [0.05, 0.1) is 9.98 Å². The summed E-state index contributed by atoms with van der Waals surface area (Å²) in [4.78, 5) is 15.7. The number of carbonyl (C=O) groups excluding carboxylic acids is 1. The minimum Gasteiger partial charge on any atom is -0.399 e. The van der Waals surface area contributed by atoms with E-state index in [2.05, 4.69) is 26.2 Å². The van der Waals surface area contributed by atoms with Crippen LogP contribution in [-0.4, -0.2) is 10.9 Å². The van der Waals surface area contributed by atoms with Gasteiger partial charge in [-0.2, -0.15) is 0 Å². The number of nitrogens with zero attached hydrogens (tertiary/aromatic N) is 1. The quantitative estimate of drug-likeness (QED) is 0.849. The van der Waals surface area contributed by atoms with Crippen molar-refractivity contribution in [1.82, 2.24) is 4.98 Å². The van der Waals surface area contributed by atoms with E-state index in [0.29, 0.717) is 18.0 Å². The van der Waals surface area contributed by atoms with Gasteiger partial charge in [-0.15, -0.1) is 0 Å². The lowest BCUT2D eigenvalue weighted by Crippen LogP contribution is -2.12. The molecule has 0 unspecified atom stereocenters. The molecule has 1 amide bonds. The van der Waals surface area contributed by atoms with Gasteiger partial charge in [0, 0.05) is 12.1 Å². The number of amides is 1. The summed E-state index contributed by atoms with van der Waals surface area (Å²) in [6.07, 6.45) is 2.69. The van der Waals surface area contributed by atoms with E-state index < -0.39 is 0 Å². The highest BCUT2D eigenvalue weighted by atomic mass is 79.9. The second kappa shape index (κ2) is 5.97. The van der Waals surface area contributed by atoms with Crippen LogP contribution in [0.3, 0.4) is 0 Å². The average molecular weight is 326 g/mol. The number of benzene rings is 1. The fraction of sp³-hybridized carbons (Fsp3) is 0.167. The molecule has 0 fully saturated rings. The lowest BCUT2D eigenvalue weighted by molar-refractivity contribution is -0.116. The standard InChI is InChI=1S/C12H12BrN3OS/c13-10-7-15-12(18-10)16-11(17)6-5-8-3-1-2-4-9(8)14/h1-4,7H,5-6,14H2,(H,15,16,17). The molecule has 0 aliphatic rings. The molecule has 0 saturated carbocycles. The molecule has 0 spiro atoms. The van der Waals surface area contributed by atoms with Crippen LogP contribution in [0.5, 0.6) is 0 Å². The van der Waals surface area contributed by atoms with E-state index in [0.717, 1.165) is 15.0 Å². The lowest BCUT2D eigenvalue weighted by Gasteiger charge is -2.04. The summed E-state index contributed by atoms with van der Waals surface area (Å²) >= 11 is 4.69. The SMILES string of the molecule is Nc1ccccc1CCC(=O)Nc1ncc(Br)s1. The number of rotatable bonds is 4. The first-order valence-electron chi connectivity index (χ1n) is 5.39. The molecule has 2 aromatic rings. The van der Waals surface area contributed by atoms with Crippen LogP contribution in [-0.2, 0) is 11.2 Å². The molecule has 0 aliphatic heterocycles. The van der Waals surface area contributed by atoms with Crippen molar-refractivity contribution in [2.45, 2.75) is 12.8 Å². The number of anilines is 2. The van der Waals surface area contributed by atoms with Gasteiger partial charge >= 0.3 is 0 Å². The van der Waals surface area contributed by atoms with Gasteiger partial charge < -0.3 is 11.1 Å². The van der Waals surface area contributed by atoms with E-state index in [9.17, 15) is 4.79 Å². The Bertz CT molecular complexity index is 556. The van der Waals surface area contributed by atoms with Crippen molar-refractivity contribution in [3.05, 3.63) is 39.8 Å². The van der Waals surface area contributed by atoms with Gasteiger partial charge in [0.2, 0.25) is 5.91 Å². The van der Waals surface area contributed by atoms with Gasteiger partial charge in [0.1, 0.15) is 0 Å². The average Bonchev–Trinajstić information content (AvgIpc) is 2.74. The van der Waals surface area contributed by atoms with E-state index in [4.69, 9.17) is 5.73 Å². The molecule has 1 aromatic carbocycles. The van der Waals surface area contributed by atoms with Crippen LogP contribution in [0.25, 0.3) is 0 Å². The molecule has 1 aromatic heterocycles. The van der Waals surface area contributed by atoms with Crippen molar-refractivity contribution >= 4 is 44.0 Å². The topological polar surface area (TPSA) is 68.0 Å². The number of hydrogen-bond donors (Lipinski definition) is 2. The van der Waals surface area contributed by atoms with Crippen molar-refractivity contribution in [2.24, 2.45) is 0 Å². The van der Waals surface area contributed by atoms with Gasteiger partial charge in [0.25, 0.3) is 0 Å². The molecule has 1 heterocycles. The highest BCUT2D eigenvalue weighted by molar-refractivity contribution is 9.11. The summed E-state index contributed by atoms with van der Waals surface area (Å²) in [6, 6.07) is 7.57. The Morgan fingerprint density at radius 2 is 2.22 bits per heavy atom. The van der Waals surface area contributed by atoms with Crippen molar-refractivity contribution in [3.8, 4) is 0 Å². The largest absolute Gasteiger partial charge is 0.399 e. The zero-order valence-corrected chi connectivity index (χ0v) is 11.9. The summed E-state index contributed by atoms with van der Waals surface area (Å²) in [5.41, 5.74) is 7.53. The number of halogens is 1. The van der Waals surface area contributed by atoms with Gasteiger partial charge in [-0.1, -0.05) is 29.5 Å². The predicted molar refractivity (Wildman–Crippen MR) is 77.6 cm³/mol. The van der Waals surface area contributed by atoms with Gasteiger partial charge in [-0.25, -0.2) is 4.98 Å². The maximum absolute atomic E-state index is 11.7. The number of nitrogens with one attached hydrogen (secondary N) is 1. The highest BCUT2D eigenvalue weighted by Crippen LogP contribution is 2.23. The van der Waals surface area contributed by atoms with Gasteiger partial charge in [0.15, 0.2) is 5.13 Å². The lowest BCUT2D eigenvalue weighted by atomic mass is 10.1. The molecular formula is C12H12BrN3OS. The van der Waals surface area contributed by atoms with Crippen LogP contribution in [0.15, 0.2) is 34.2 Å². The van der Waals surface area contributed by atoms with Crippen molar-refractivity contribution in [2.75, 3.05) is 11.1 Å². The summed E-state index contributed by atoms with van der Waals surface area (Å²) in [6.45, 7) is 0. The molecule has 94 valence electrons. The highest BCUT2D eigenvalue weighted by Gasteiger charge is 2.07. The molecule has 2 rings (SSSR count). The maximum atomic E-state index is 11.7. The Morgan fingerprint density at radius 3 is 2.89 bits per heavy atom. The number of aryl methyl sites for hydroxylation is 1. The third-order valence-corrected chi connectivity index (χ3v) is 3.79. The van der Waals surface area contributed by atoms with Gasteiger partial charge in [-0.3, -0.25) is 4.79 Å². The van der Waals surface area contributed by atoms with Gasteiger partial charge in [-0.05, 0) is 34.0 Å². The third kappa shape index (κ3) is 3.54. The monoisotopic (exact) mass is 325 g/mol. The summed E-state index contributed by atoms with van der Waals surface area (Å²) in [7, 11) is 0. The first kappa shape index (κ1) is 13.0. The molecule has 0 radical (unpaired) electrons. The van der Waals surface area contributed by atoms with E-state index in [1.807, 2.05) is 24.3 Å². The Balaban J connectivity index is 1.87. The molecule has 6 heteroatoms. The minimum atomic E-state index is -0.0555. The fourth-order valence-corrected chi connectivity index (χ4v) is 2.63. The molecule has 4 nitrogen and oxygen atoms in total. The van der Waals surface area contributed by atoms with Crippen LogP contribution in [0.1, 0.15) is 12.0 Å². The van der Waals surface area contributed by atoms with Crippen molar-refractivity contribution in [3.63, 3.8) is 0 Å². The predicted octanol–water partition coefficient (Wildman–Crippen LogP) is 3.06. The van der Waals surface area contributed by atoms with E-state index in [1.165, 1.54) is 11.3 Å².